The van der Waals surface area contributed by atoms with Crippen LogP contribution >= 0.6 is 0 Å². The van der Waals surface area contributed by atoms with Crippen LogP contribution in [-0.4, -0.2) is 39.3 Å². The van der Waals surface area contributed by atoms with Crippen LogP contribution in [0.2, 0.25) is 0 Å². The van der Waals surface area contributed by atoms with E-state index in [1.54, 1.807) is 32.4 Å². The number of nitrogens with one attached hydrogen (secondary N) is 2. The quantitative estimate of drug-likeness (QED) is 0.599. The van der Waals surface area contributed by atoms with Crippen LogP contribution in [0.1, 0.15) is 48.9 Å². The van der Waals surface area contributed by atoms with Crippen molar-refractivity contribution in [2.45, 2.75) is 44.6 Å². The third kappa shape index (κ3) is 5.75. The van der Waals surface area contributed by atoms with E-state index in [0.717, 1.165) is 6.54 Å². The molecule has 0 aliphatic heterocycles. The molecule has 0 unspecified atom stereocenters. The Morgan fingerprint density at radius 3 is 2.17 bits per heavy atom. The minimum absolute atomic E-state index is 0.107. The molecule has 5 nitrogen and oxygen atoms in total. The van der Waals surface area contributed by atoms with E-state index in [1.165, 1.54) is 38.5 Å². The third-order valence-corrected chi connectivity index (χ3v) is 4.31. The van der Waals surface area contributed by atoms with E-state index in [0.29, 0.717) is 29.6 Å². The van der Waals surface area contributed by atoms with Gasteiger partial charge in [0, 0.05) is 30.8 Å². The van der Waals surface area contributed by atoms with Gasteiger partial charge in [-0.15, -0.1) is 0 Å². The van der Waals surface area contributed by atoms with Gasteiger partial charge in [-0.2, -0.15) is 0 Å². The highest BCUT2D eigenvalue weighted by molar-refractivity contribution is 5.95. The van der Waals surface area contributed by atoms with Crippen molar-refractivity contribution in [3.8, 4) is 11.5 Å². The maximum Gasteiger partial charge on any atom is 0.251 e. The summed E-state index contributed by atoms with van der Waals surface area (Å²) in [6.07, 6.45) is 7.84. The van der Waals surface area contributed by atoms with Crippen molar-refractivity contribution in [1.82, 2.24) is 10.6 Å². The molecule has 2 rings (SSSR count). The molecule has 1 aromatic carbocycles. The van der Waals surface area contributed by atoms with E-state index in [1.807, 2.05) is 0 Å². The van der Waals surface area contributed by atoms with E-state index >= 15 is 0 Å². The van der Waals surface area contributed by atoms with Gasteiger partial charge in [0.15, 0.2) is 0 Å². The van der Waals surface area contributed by atoms with Gasteiger partial charge >= 0.3 is 0 Å². The number of carbonyl (C=O) groups excluding carboxylic acids is 1. The fourth-order valence-electron chi connectivity index (χ4n) is 2.98. The Bertz CT molecular complexity index is 475. The van der Waals surface area contributed by atoms with Crippen LogP contribution in [-0.2, 0) is 0 Å². The molecular weight excluding hydrogens is 292 g/mol. The van der Waals surface area contributed by atoms with Crippen molar-refractivity contribution in [2.24, 2.45) is 0 Å². The smallest absolute Gasteiger partial charge is 0.251 e. The molecule has 1 aliphatic carbocycles. The lowest BCUT2D eigenvalue weighted by molar-refractivity contribution is 0.0952. The van der Waals surface area contributed by atoms with Crippen molar-refractivity contribution in [2.75, 3.05) is 27.3 Å². The first-order chi connectivity index (χ1) is 11.2. The molecule has 5 heteroatoms. The van der Waals surface area contributed by atoms with Gasteiger partial charge in [-0.05, 0) is 25.0 Å². The van der Waals surface area contributed by atoms with Gasteiger partial charge in [0.25, 0.3) is 5.91 Å². The summed E-state index contributed by atoms with van der Waals surface area (Å²) < 4.78 is 10.4. The Kier molecular flexibility index (Phi) is 7.20. The van der Waals surface area contributed by atoms with Crippen LogP contribution in [0.4, 0.5) is 0 Å². The Morgan fingerprint density at radius 2 is 1.61 bits per heavy atom. The SMILES string of the molecule is COc1cc(OC)cc(C(=O)NCCNC2CCCCCC2)c1. The predicted octanol–water partition coefficient (Wildman–Crippen LogP) is 2.75. The van der Waals surface area contributed by atoms with Gasteiger partial charge in [-0.1, -0.05) is 25.7 Å². The molecule has 1 amide bonds. The van der Waals surface area contributed by atoms with Gasteiger partial charge in [-0.3, -0.25) is 4.79 Å². The van der Waals surface area contributed by atoms with E-state index in [2.05, 4.69) is 10.6 Å². The first kappa shape index (κ1) is 17.6. The highest BCUT2D eigenvalue weighted by atomic mass is 16.5. The van der Waals surface area contributed by atoms with Gasteiger partial charge in [0.1, 0.15) is 11.5 Å². The predicted molar refractivity (Wildman–Crippen MR) is 91.4 cm³/mol. The number of rotatable bonds is 7. The number of hydrogen-bond donors (Lipinski definition) is 2. The molecule has 2 N–H and O–H groups in total. The standard InChI is InChI=1S/C18H28N2O3/c1-22-16-11-14(12-17(13-16)23-2)18(21)20-10-9-19-15-7-5-3-4-6-8-15/h11-13,15,19H,3-10H2,1-2H3,(H,20,21). The first-order valence-corrected chi connectivity index (χ1v) is 8.47. The molecule has 0 spiro atoms. The minimum Gasteiger partial charge on any atom is -0.497 e. The average Bonchev–Trinajstić information content (AvgIpc) is 2.86. The second-order valence-corrected chi connectivity index (χ2v) is 6.00. The summed E-state index contributed by atoms with van der Waals surface area (Å²) in [4.78, 5) is 12.2. The summed E-state index contributed by atoms with van der Waals surface area (Å²) >= 11 is 0. The second kappa shape index (κ2) is 9.40. The van der Waals surface area contributed by atoms with Crippen LogP contribution in [0.3, 0.4) is 0 Å². The van der Waals surface area contributed by atoms with Crippen LogP contribution in [0.5, 0.6) is 11.5 Å². The van der Waals surface area contributed by atoms with Crippen molar-refractivity contribution >= 4 is 5.91 Å². The highest BCUT2D eigenvalue weighted by Gasteiger charge is 2.12. The maximum absolute atomic E-state index is 12.2. The summed E-state index contributed by atoms with van der Waals surface area (Å²) in [6, 6.07) is 5.80. The molecule has 128 valence electrons. The van der Waals surface area contributed by atoms with E-state index in [9.17, 15) is 4.79 Å². The van der Waals surface area contributed by atoms with E-state index in [-0.39, 0.29) is 5.91 Å². The largest absolute Gasteiger partial charge is 0.497 e. The number of amides is 1. The minimum atomic E-state index is -0.107. The molecule has 1 aliphatic rings. The van der Waals surface area contributed by atoms with Crippen molar-refractivity contribution < 1.29 is 14.3 Å². The first-order valence-electron chi connectivity index (χ1n) is 8.47. The van der Waals surface area contributed by atoms with E-state index in [4.69, 9.17) is 9.47 Å². The molecule has 23 heavy (non-hydrogen) atoms. The molecule has 0 saturated heterocycles. The molecule has 0 bridgehead atoms. The topological polar surface area (TPSA) is 59.6 Å². The summed E-state index contributed by atoms with van der Waals surface area (Å²) in [5.74, 6) is 1.13. The molecular formula is C18H28N2O3. The monoisotopic (exact) mass is 320 g/mol. The normalized spacial score (nSPS) is 15.7. The molecule has 0 aromatic heterocycles. The number of ether oxygens (including phenoxy) is 2. The zero-order valence-electron chi connectivity index (χ0n) is 14.2. The summed E-state index contributed by atoms with van der Waals surface area (Å²) in [7, 11) is 3.15. The fourth-order valence-corrected chi connectivity index (χ4v) is 2.98. The van der Waals surface area contributed by atoms with Crippen molar-refractivity contribution in [1.29, 1.82) is 0 Å². The van der Waals surface area contributed by atoms with Gasteiger partial charge in [0.2, 0.25) is 0 Å². The van der Waals surface area contributed by atoms with E-state index < -0.39 is 0 Å². The van der Waals surface area contributed by atoms with Gasteiger partial charge in [-0.25, -0.2) is 0 Å². The number of hydrogen-bond acceptors (Lipinski definition) is 4. The third-order valence-electron chi connectivity index (χ3n) is 4.31. The Labute approximate surface area is 138 Å². The van der Waals surface area contributed by atoms with Crippen LogP contribution in [0.15, 0.2) is 18.2 Å². The fraction of sp³-hybridized carbons (Fsp3) is 0.611. The number of methoxy groups -OCH3 is 2. The summed E-state index contributed by atoms with van der Waals surface area (Å²) in [6.45, 7) is 1.42. The molecule has 1 aromatic rings. The average molecular weight is 320 g/mol. The molecule has 0 atom stereocenters. The Balaban J connectivity index is 1.78. The number of carbonyl (C=O) groups is 1. The lowest BCUT2D eigenvalue weighted by Gasteiger charge is -2.16. The Morgan fingerprint density at radius 1 is 1.00 bits per heavy atom. The van der Waals surface area contributed by atoms with Crippen LogP contribution < -0.4 is 20.1 Å². The zero-order chi connectivity index (χ0) is 16.5. The molecule has 0 heterocycles. The summed E-state index contributed by atoms with van der Waals surface area (Å²) in [5.41, 5.74) is 0.552. The molecule has 1 saturated carbocycles. The van der Waals surface area contributed by atoms with Crippen molar-refractivity contribution in [3.05, 3.63) is 23.8 Å². The second-order valence-electron chi connectivity index (χ2n) is 6.00. The lowest BCUT2D eigenvalue weighted by atomic mass is 10.1. The van der Waals surface area contributed by atoms with Crippen LogP contribution in [0.25, 0.3) is 0 Å². The molecule has 0 radical (unpaired) electrons. The molecule has 1 fully saturated rings. The van der Waals surface area contributed by atoms with Crippen LogP contribution in [0, 0.1) is 0 Å². The van der Waals surface area contributed by atoms with Gasteiger partial charge < -0.3 is 20.1 Å². The lowest BCUT2D eigenvalue weighted by Crippen LogP contribution is -2.36. The zero-order valence-corrected chi connectivity index (χ0v) is 14.2. The van der Waals surface area contributed by atoms with Crippen molar-refractivity contribution in [3.63, 3.8) is 0 Å². The summed E-state index contributed by atoms with van der Waals surface area (Å²) in [5, 5.41) is 6.49. The number of benzene rings is 1. The highest BCUT2D eigenvalue weighted by Crippen LogP contribution is 2.22. The van der Waals surface area contributed by atoms with Gasteiger partial charge in [0.05, 0.1) is 14.2 Å². The Hall–Kier alpha value is -1.75. The maximum atomic E-state index is 12.2.